The number of nitrogens with one attached hydrogen (secondary N) is 1. The molecule has 0 saturated heterocycles. The van der Waals surface area contributed by atoms with Gasteiger partial charge in [0.2, 0.25) is 0 Å². The van der Waals surface area contributed by atoms with Crippen molar-refractivity contribution in [1.29, 1.82) is 0 Å². The highest BCUT2D eigenvalue weighted by Crippen LogP contribution is 2.30. The molecule has 1 rings (SSSR count). The van der Waals surface area contributed by atoms with E-state index in [0.717, 1.165) is 12.3 Å². The standard InChI is InChI=1S/C16H30N2O3/c1-12-6-5-7-13(10-12)8-9-17-15(21)18(11-14(19)20)16(2,3)4/h12-13H,5-11H2,1-4H3,(H,17,21)(H,19,20). The summed E-state index contributed by atoms with van der Waals surface area (Å²) in [5.74, 6) is 0.496. The van der Waals surface area contributed by atoms with Gasteiger partial charge in [0.05, 0.1) is 0 Å². The number of carbonyl (C=O) groups is 2. The van der Waals surface area contributed by atoms with E-state index in [2.05, 4.69) is 12.2 Å². The van der Waals surface area contributed by atoms with Crippen LogP contribution in [0.4, 0.5) is 4.79 Å². The van der Waals surface area contributed by atoms with Crippen LogP contribution in [0.15, 0.2) is 0 Å². The molecule has 0 aromatic carbocycles. The Balaban J connectivity index is 2.41. The molecule has 1 aliphatic carbocycles. The third-order valence-electron chi connectivity index (χ3n) is 4.22. The van der Waals surface area contributed by atoms with Gasteiger partial charge >= 0.3 is 12.0 Å². The minimum atomic E-state index is -0.985. The molecule has 0 spiro atoms. The zero-order chi connectivity index (χ0) is 16.0. The molecular formula is C16H30N2O3. The Kier molecular flexibility index (Phi) is 6.49. The quantitative estimate of drug-likeness (QED) is 0.819. The predicted molar refractivity (Wildman–Crippen MR) is 83.2 cm³/mol. The third-order valence-corrected chi connectivity index (χ3v) is 4.22. The van der Waals surface area contributed by atoms with Crippen LogP contribution in [-0.4, -0.2) is 40.6 Å². The molecule has 0 bridgehead atoms. The summed E-state index contributed by atoms with van der Waals surface area (Å²) in [6, 6.07) is -0.284. The van der Waals surface area contributed by atoms with Gasteiger partial charge in [0.15, 0.2) is 0 Å². The summed E-state index contributed by atoms with van der Waals surface area (Å²) in [6.45, 7) is 8.19. The van der Waals surface area contributed by atoms with Crippen molar-refractivity contribution in [3.05, 3.63) is 0 Å². The van der Waals surface area contributed by atoms with Crippen LogP contribution in [0.25, 0.3) is 0 Å². The minimum absolute atomic E-state index is 0.268. The maximum absolute atomic E-state index is 12.2. The Hall–Kier alpha value is -1.26. The van der Waals surface area contributed by atoms with Crippen LogP contribution in [0.3, 0.4) is 0 Å². The molecular weight excluding hydrogens is 268 g/mol. The van der Waals surface area contributed by atoms with Crippen molar-refractivity contribution in [3.63, 3.8) is 0 Å². The average molecular weight is 298 g/mol. The van der Waals surface area contributed by atoms with E-state index in [-0.39, 0.29) is 12.6 Å². The second-order valence-electron chi connectivity index (χ2n) is 7.31. The fraction of sp³-hybridized carbons (Fsp3) is 0.875. The summed E-state index contributed by atoms with van der Waals surface area (Å²) in [7, 11) is 0. The molecule has 0 aromatic rings. The molecule has 0 heterocycles. The highest BCUT2D eigenvalue weighted by Gasteiger charge is 2.28. The second-order valence-corrected chi connectivity index (χ2v) is 7.31. The number of nitrogens with zero attached hydrogens (tertiary/aromatic N) is 1. The molecule has 21 heavy (non-hydrogen) atoms. The maximum atomic E-state index is 12.2. The number of urea groups is 1. The third kappa shape index (κ3) is 6.36. The summed E-state index contributed by atoms with van der Waals surface area (Å²) in [5, 5.41) is 11.8. The van der Waals surface area contributed by atoms with Gasteiger partial charge in [-0.15, -0.1) is 0 Å². The largest absolute Gasteiger partial charge is 0.480 e. The number of hydrogen-bond donors (Lipinski definition) is 2. The van der Waals surface area contributed by atoms with Gasteiger partial charge in [-0.2, -0.15) is 0 Å². The van der Waals surface area contributed by atoms with Crippen molar-refractivity contribution in [2.75, 3.05) is 13.1 Å². The molecule has 1 saturated carbocycles. The number of hydrogen-bond acceptors (Lipinski definition) is 2. The number of rotatable bonds is 5. The van der Waals surface area contributed by atoms with E-state index in [1.54, 1.807) is 0 Å². The number of carbonyl (C=O) groups excluding carboxylic acids is 1. The van der Waals surface area contributed by atoms with Crippen LogP contribution in [0, 0.1) is 11.8 Å². The molecule has 2 unspecified atom stereocenters. The minimum Gasteiger partial charge on any atom is -0.480 e. The van der Waals surface area contributed by atoms with Gasteiger partial charge in [0.25, 0.3) is 0 Å². The first-order chi connectivity index (χ1) is 9.70. The Morgan fingerprint density at radius 3 is 2.48 bits per heavy atom. The lowest BCUT2D eigenvalue weighted by Gasteiger charge is -2.34. The first kappa shape index (κ1) is 17.8. The van der Waals surface area contributed by atoms with Crippen molar-refractivity contribution in [3.8, 4) is 0 Å². The molecule has 0 aromatic heterocycles. The molecule has 0 aliphatic heterocycles. The topological polar surface area (TPSA) is 69.6 Å². The van der Waals surface area contributed by atoms with Gasteiger partial charge in [-0.1, -0.05) is 26.2 Å². The molecule has 1 fully saturated rings. The van der Waals surface area contributed by atoms with Gasteiger partial charge in [-0.3, -0.25) is 4.79 Å². The van der Waals surface area contributed by atoms with Gasteiger partial charge in [0.1, 0.15) is 6.54 Å². The fourth-order valence-electron chi connectivity index (χ4n) is 3.05. The number of carboxylic acid groups (broad SMARTS) is 1. The van der Waals surface area contributed by atoms with Crippen molar-refractivity contribution in [1.82, 2.24) is 10.2 Å². The highest BCUT2D eigenvalue weighted by atomic mass is 16.4. The first-order valence-electron chi connectivity index (χ1n) is 7.97. The van der Waals surface area contributed by atoms with E-state index in [4.69, 9.17) is 5.11 Å². The molecule has 0 radical (unpaired) electrons. The highest BCUT2D eigenvalue weighted by molar-refractivity contribution is 5.80. The normalized spacial score (nSPS) is 22.7. The molecule has 2 N–H and O–H groups in total. The van der Waals surface area contributed by atoms with Crippen LogP contribution >= 0.6 is 0 Å². The summed E-state index contributed by atoms with van der Waals surface area (Å²) < 4.78 is 0. The van der Waals surface area contributed by atoms with Crippen molar-refractivity contribution < 1.29 is 14.7 Å². The van der Waals surface area contributed by atoms with Gasteiger partial charge in [-0.25, -0.2) is 4.79 Å². The number of aliphatic carboxylic acids is 1. The van der Waals surface area contributed by atoms with Crippen molar-refractivity contribution in [2.24, 2.45) is 11.8 Å². The zero-order valence-electron chi connectivity index (χ0n) is 13.8. The SMILES string of the molecule is CC1CCCC(CCNC(=O)N(CC(=O)O)C(C)(C)C)C1. The molecule has 1 aliphatic rings. The Morgan fingerprint density at radius 1 is 1.29 bits per heavy atom. The summed E-state index contributed by atoms with van der Waals surface area (Å²) in [4.78, 5) is 24.5. The van der Waals surface area contributed by atoms with E-state index < -0.39 is 11.5 Å². The van der Waals surface area contributed by atoms with Crippen LogP contribution in [0.2, 0.25) is 0 Å². The van der Waals surface area contributed by atoms with Gasteiger partial charge in [0, 0.05) is 12.1 Å². The summed E-state index contributed by atoms with van der Waals surface area (Å²) in [6.07, 6.45) is 6.08. The van der Waals surface area contributed by atoms with E-state index in [1.807, 2.05) is 20.8 Å². The van der Waals surface area contributed by atoms with Crippen LogP contribution in [0.5, 0.6) is 0 Å². The average Bonchev–Trinajstić information content (AvgIpc) is 2.34. The van der Waals surface area contributed by atoms with Crippen LogP contribution in [0.1, 0.15) is 59.8 Å². The van der Waals surface area contributed by atoms with E-state index in [0.29, 0.717) is 12.5 Å². The lowest BCUT2D eigenvalue weighted by Crippen LogP contribution is -2.52. The zero-order valence-corrected chi connectivity index (χ0v) is 13.8. The van der Waals surface area contributed by atoms with Crippen molar-refractivity contribution >= 4 is 12.0 Å². The van der Waals surface area contributed by atoms with E-state index in [1.165, 1.54) is 30.6 Å². The van der Waals surface area contributed by atoms with Crippen LogP contribution in [-0.2, 0) is 4.79 Å². The number of carboxylic acids is 1. The van der Waals surface area contributed by atoms with E-state index >= 15 is 0 Å². The van der Waals surface area contributed by atoms with Crippen LogP contribution < -0.4 is 5.32 Å². The molecule has 5 nitrogen and oxygen atoms in total. The molecule has 2 amide bonds. The maximum Gasteiger partial charge on any atom is 0.323 e. The van der Waals surface area contributed by atoms with E-state index in [9.17, 15) is 9.59 Å². The Labute approximate surface area is 128 Å². The number of amides is 2. The van der Waals surface area contributed by atoms with Gasteiger partial charge in [-0.05, 0) is 45.4 Å². The molecule has 122 valence electrons. The smallest absolute Gasteiger partial charge is 0.323 e. The molecule has 5 heteroatoms. The fourth-order valence-corrected chi connectivity index (χ4v) is 3.05. The lowest BCUT2D eigenvalue weighted by molar-refractivity contribution is -0.138. The lowest BCUT2D eigenvalue weighted by atomic mass is 9.81. The Morgan fingerprint density at radius 2 is 1.95 bits per heavy atom. The Bertz CT molecular complexity index is 363. The monoisotopic (exact) mass is 298 g/mol. The predicted octanol–water partition coefficient (Wildman–Crippen LogP) is 3.10. The summed E-state index contributed by atoms with van der Waals surface area (Å²) >= 11 is 0. The second kappa shape index (κ2) is 7.66. The first-order valence-corrected chi connectivity index (χ1v) is 7.97. The summed E-state index contributed by atoms with van der Waals surface area (Å²) in [5.41, 5.74) is -0.498. The molecule has 2 atom stereocenters. The van der Waals surface area contributed by atoms with Crippen molar-refractivity contribution in [2.45, 2.75) is 65.3 Å². The van der Waals surface area contributed by atoms with Gasteiger partial charge < -0.3 is 15.3 Å².